The third kappa shape index (κ3) is 3.85. The third-order valence-electron chi connectivity index (χ3n) is 6.83. The number of piperidine rings is 1. The number of hydrogen-bond donors (Lipinski definition) is 2. The molecule has 0 aliphatic carbocycles. The third-order valence-corrected chi connectivity index (χ3v) is 6.83. The van der Waals surface area contributed by atoms with Crippen LogP contribution in [-0.4, -0.2) is 57.7 Å². The molecule has 2 N–H and O–H groups in total. The molecular weight excluding hydrogens is 458 g/mol. The zero-order valence-electron chi connectivity index (χ0n) is 19.3. The molecular formula is C23H25N5O7. The Morgan fingerprint density at radius 2 is 1.94 bits per heavy atom. The second-order valence-electron chi connectivity index (χ2n) is 8.86. The molecule has 3 aromatic rings. The number of benzene rings is 1. The minimum absolute atomic E-state index is 0.0117. The summed E-state index contributed by atoms with van der Waals surface area (Å²) in [5, 5.41) is 24.4. The number of fused-ring (bicyclic) bond motifs is 5. The molecule has 184 valence electrons. The maximum absolute atomic E-state index is 13.2. The molecule has 2 aliphatic heterocycles. The van der Waals surface area contributed by atoms with Crippen molar-refractivity contribution in [3.05, 3.63) is 62.1 Å². The van der Waals surface area contributed by atoms with Gasteiger partial charge in [-0.3, -0.25) is 14.4 Å². The number of nitrogens with zero attached hydrogens (tertiary/aromatic N) is 4. The molecule has 0 saturated carbocycles. The first-order valence-electron chi connectivity index (χ1n) is 11.2. The van der Waals surface area contributed by atoms with Crippen molar-refractivity contribution in [3.63, 3.8) is 0 Å². The van der Waals surface area contributed by atoms with E-state index in [-0.39, 0.29) is 41.1 Å². The Hall–Kier alpha value is -3.74. The summed E-state index contributed by atoms with van der Waals surface area (Å²) in [7, 11) is 2.93. The second-order valence-corrected chi connectivity index (χ2v) is 8.86. The van der Waals surface area contributed by atoms with Gasteiger partial charge in [-0.1, -0.05) is 0 Å². The molecule has 1 fully saturated rings. The average molecular weight is 483 g/mol. The molecule has 2 bridgehead atoms. The number of carbonyl (C=O) groups excluding carboxylic acids is 1. The van der Waals surface area contributed by atoms with E-state index in [4.69, 9.17) is 9.47 Å². The quantitative estimate of drug-likeness (QED) is 0.468. The van der Waals surface area contributed by atoms with Gasteiger partial charge in [0.1, 0.15) is 6.54 Å². The SMILES string of the molecule is COc1ccc2cnn(CC(=O)N3CC4C[C@@H](C3)Cn3c4ccc([NH+]([O-])O)c3=O)c(=O)c2c1OC. The first-order valence-corrected chi connectivity index (χ1v) is 11.2. The van der Waals surface area contributed by atoms with Crippen LogP contribution in [0.15, 0.2) is 40.1 Å². The van der Waals surface area contributed by atoms with Crippen LogP contribution in [0.25, 0.3) is 10.8 Å². The molecule has 1 aromatic carbocycles. The summed E-state index contributed by atoms with van der Waals surface area (Å²) < 4.78 is 13.3. The van der Waals surface area contributed by atoms with Crippen molar-refractivity contribution in [3.8, 4) is 11.5 Å². The van der Waals surface area contributed by atoms with Gasteiger partial charge < -0.3 is 24.1 Å². The first kappa shape index (κ1) is 23.0. The monoisotopic (exact) mass is 483 g/mol. The maximum atomic E-state index is 13.2. The molecule has 2 aromatic heterocycles. The minimum atomic E-state index is -1.25. The van der Waals surface area contributed by atoms with Crippen LogP contribution in [0.1, 0.15) is 18.0 Å². The first-order chi connectivity index (χ1) is 16.8. The smallest absolute Gasteiger partial charge is 0.315 e. The number of pyridine rings is 1. The van der Waals surface area contributed by atoms with Crippen molar-refractivity contribution in [2.75, 3.05) is 27.3 Å². The number of hydrogen-bond acceptors (Lipinski definition) is 8. The van der Waals surface area contributed by atoms with Gasteiger partial charge in [-0.05, 0) is 30.5 Å². The largest absolute Gasteiger partial charge is 0.595 e. The van der Waals surface area contributed by atoms with Crippen LogP contribution in [-0.2, 0) is 17.9 Å². The Morgan fingerprint density at radius 3 is 2.66 bits per heavy atom. The van der Waals surface area contributed by atoms with Crippen molar-refractivity contribution in [1.29, 1.82) is 0 Å². The Labute approximate surface area is 199 Å². The number of likely N-dealkylation sites (tertiary alicyclic amines) is 1. The number of amides is 1. The molecule has 1 saturated heterocycles. The van der Waals surface area contributed by atoms with Gasteiger partial charge in [-0.2, -0.15) is 10.3 Å². The number of aromatic nitrogens is 3. The molecule has 2 aliphatic rings. The zero-order chi connectivity index (χ0) is 24.9. The van der Waals surface area contributed by atoms with Gasteiger partial charge in [-0.25, -0.2) is 9.89 Å². The normalized spacial score (nSPS) is 19.8. The molecule has 1 amide bonds. The van der Waals surface area contributed by atoms with Crippen LogP contribution < -0.4 is 25.8 Å². The number of methoxy groups -OCH3 is 2. The Morgan fingerprint density at radius 1 is 1.14 bits per heavy atom. The topological polar surface area (TPSA) is 143 Å². The summed E-state index contributed by atoms with van der Waals surface area (Å²) >= 11 is 0. The van der Waals surface area contributed by atoms with Crippen LogP contribution in [0.4, 0.5) is 5.69 Å². The van der Waals surface area contributed by atoms with Crippen LogP contribution in [0.5, 0.6) is 11.5 Å². The van der Waals surface area contributed by atoms with E-state index >= 15 is 0 Å². The molecule has 2 unspecified atom stereocenters. The van der Waals surface area contributed by atoms with Crippen LogP contribution in [0.2, 0.25) is 0 Å². The highest BCUT2D eigenvalue weighted by Crippen LogP contribution is 2.36. The fourth-order valence-electron chi connectivity index (χ4n) is 5.24. The lowest BCUT2D eigenvalue weighted by Gasteiger charge is -2.42. The second kappa shape index (κ2) is 8.80. The summed E-state index contributed by atoms with van der Waals surface area (Å²) in [5.74, 6) is 0.359. The van der Waals surface area contributed by atoms with Crippen LogP contribution in [0.3, 0.4) is 0 Å². The van der Waals surface area contributed by atoms with Gasteiger partial charge in [0, 0.05) is 42.7 Å². The summed E-state index contributed by atoms with van der Waals surface area (Å²) in [5.41, 5.74) is -0.496. The van der Waals surface area contributed by atoms with Gasteiger partial charge in [0.25, 0.3) is 5.56 Å². The highest BCUT2D eigenvalue weighted by molar-refractivity contribution is 5.89. The van der Waals surface area contributed by atoms with Crippen LogP contribution in [0, 0.1) is 11.1 Å². The number of ether oxygens (including phenoxy) is 2. The van der Waals surface area contributed by atoms with Gasteiger partial charge in [0.2, 0.25) is 11.6 Å². The Balaban J connectivity index is 1.41. The zero-order valence-corrected chi connectivity index (χ0v) is 19.3. The summed E-state index contributed by atoms with van der Waals surface area (Å²) in [6.07, 6.45) is 2.32. The molecule has 12 heteroatoms. The Bertz CT molecular complexity index is 1430. The van der Waals surface area contributed by atoms with E-state index in [1.165, 1.54) is 31.0 Å². The number of rotatable bonds is 5. The van der Waals surface area contributed by atoms with Gasteiger partial charge in [-0.15, -0.1) is 0 Å². The highest BCUT2D eigenvalue weighted by Gasteiger charge is 2.37. The fourth-order valence-corrected chi connectivity index (χ4v) is 5.24. The van der Waals surface area contributed by atoms with Crippen molar-refractivity contribution in [2.45, 2.75) is 25.4 Å². The van der Waals surface area contributed by atoms with E-state index in [2.05, 4.69) is 5.10 Å². The standard InChI is InChI=1S/C23H25N5O7/c1-34-18-6-3-14-8-24-27(23(31)20(14)21(18)35-2)12-19(29)25-9-13-7-15(11-25)16-4-5-17(28(32)33)22(30)26(16)10-13/h3-6,8,13,15,28,32H,7,9-12H2,1-2H3/t13-,15?/m0/s1. The lowest BCUT2D eigenvalue weighted by atomic mass is 9.83. The summed E-state index contributed by atoms with van der Waals surface area (Å²) in [4.78, 5) is 40.7. The highest BCUT2D eigenvalue weighted by atomic mass is 16.8. The Kier molecular flexibility index (Phi) is 5.79. The van der Waals surface area contributed by atoms with Gasteiger partial charge in [0.15, 0.2) is 11.5 Å². The fraction of sp³-hybridized carbons (Fsp3) is 0.391. The van der Waals surface area contributed by atoms with E-state index in [0.717, 1.165) is 16.8 Å². The van der Waals surface area contributed by atoms with Crippen molar-refractivity contribution < 1.29 is 24.7 Å². The van der Waals surface area contributed by atoms with Crippen molar-refractivity contribution in [1.82, 2.24) is 19.2 Å². The van der Waals surface area contributed by atoms with E-state index < -0.39 is 16.3 Å². The number of nitrogens with one attached hydrogen (secondary N) is 1. The van der Waals surface area contributed by atoms with Crippen molar-refractivity contribution in [2.24, 2.45) is 5.92 Å². The predicted octanol–water partition coefficient (Wildman–Crippen LogP) is -0.375. The summed E-state index contributed by atoms with van der Waals surface area (Å²) in [6, 6.07) is 6.39. The molecule has 0 radical (unpaired) electrons. The maximum Gasteiger partial charge on any atom is 0.315 e. The van der Waals surface area contributed by atoms with E-state index in [1.807, 2.05) is 0 Å². The lowest BCUT2D eigenvalue weighted by molar-refractivity contribution is -0.992. The molecule has 35 heavy (non-hydrogen) atoms. The van der Waals surface area contributed by atoms with E-state index in [9.17, 15) is 24.8 Å². The molecule has 5 rings (SSSR count). The predicted molar refractivity (Wildman–Crippen MR) is 123 cm³/mol. The average Bonchev–Trinajstić information content (AvgIpc) is 2.85. The van der Waals surface area contributed by atoms with Gasteiger partial charge >= 0.3 is 5.56 Å². The lowest BCUT2D eigenvalue weighted by Crippen LogP contribution is -3.00. The number of quaternary nitrogens is 1. The van der Waals surface area contributed by atoms with Gasteiger partial charge in [0.05, 0.1) is 25.8 Å². The summed E-state index contributed by atoms with van der Waals surface area (Å²) in [6.45, 7) is 0.902. The van der Waals surface area contributed by atoms with Crippen molar-refractivity contribution >= 4 is 22.4 Å². The molecule has 12 nitrogen and oxygen atoms in total. The molecule has 4 heterocycles. The number of carbonyl (C=O) groups is 1. The van der Waals surface area contributed by atoms with E-state index in [0.29, 0.717) is 30.8 Å². The minimum Gasteiger partial charge on any atom is -0.595 e. The van der Waals surface area contributed by atoms with Crippen LogP contribution >= 0.6 is 0 Å². The van der Waals surface area contributed by atoms with E-state index in [1.54, 1.807) is 23.1 Å². The molecule has 3 atom stereocenters. The molecule has 0 spiro atoms.